The van der Waals surface area contributed by atoms with Gasteiger partial charge in [0.25, 0.3) is 5.91 Å². The smallest absolute Gasteiger partial charge is 0.250 e. The second-order valence-electron chi connectivity index (χ2n) is 4.02. The van der Waals surface area contributed by atoms with Gasteiger partial charge in [0, 0.05) is 11.2 Å². The zero-order chi connectivity index (χ0) is 10.2. The highest BCUT2D eigenvalue weighted by atomic mass is 32.2. The van der Waals surface area contributed by atoms with Gasteiger partial charge in [0.2, 0.25) is 0 Å². The fraction of sp³-hybridized carbons (Fsp3) is 0.700. The SMILES string of the molecule is C=CC1CC1(NC)C(=O)NSC1CC1. The van der Waals surface area contributed by atoms with Crippen LogP contribution in [0.15, 0.2) is 12.7 Å². The maximum Gasteiger partial charge on any atom is 0.250 e. The van der Waals surface area contributed by atoms with E-state index in [0.717, 1.165) is 6.42 Å². The van der Waals surface area contributed by atoms with E-state index >= 15 is 0 Å². The first-order valence-corrected chi connectivity index (χ1v) is 5.88. The van der Waals surface area contributed by atoms with Gasteiger partial charge in [-0.3, -0.25) is 9.52 Å². The molecule has 0 aliphatic heterocycles. The molecule has 2 fully saturated rings. The van der Waals surface area contributed by atoms with Gasteiger partial charge < -0.3 is 5.32 Å². The molecule has 0 aromatic carbocycles. The van der Waals surface area contributed by atoms with Crippen LogP contribution >= 0.6 is 11.9 Å². The van der Waals surface area contributed by atoms with Gasteiger partial charge in [-0.25, -0.2) is 0 Å². The van der Waals surface area contributed by atoms with Gasteiger partial charge in [0.05, 0.1) is 0 Å². The molecular weight excluding hydrogens is 196 g/mol. The number of carbonyl (C=O) groups excluding carboxylic acids is 1. The molecule has 0 bridgehead atoms. The number of carbonyl (C=O) groups is 1. The van der Waals surface area contributed by atoms with Crippen LogP contribution in [0.1, 0.15) is 19.3 Å². The standard InChI is InChI=1S/C10H16N2OS/c1-3-7-6-10(7,11-2)9(13)12-14-8-4-5-8/h3,7-8,11H,1,4-6H2,2H3,(H,12,13). The molecule has 0 aromatic heterocycles. The Bertz CT molecular complexity index is 265. The Labute approximate surface area is 88.8 Å². The van der Waals surface area contributed by atoms with E-state index in [0.29, 0.717) is 11.2 Å². The summed E-state index contributed by atoms with van der Waals surface area (Å²) in [5.41, 5.74) is -0.357. The molecular formula is C10H16N2OS. The van der Waals surface area contributed by atoms with Crippen molar-refractivity contribution in [2.45, 2.75) is 30.1 Å². The topological polar surface area (TPSA) is 41.1 Å². The molecule has 2 aliphatic rings. The molecule has 4 heteroatoms. The molecule has 78 valence electrons. The van der Waals surface area contributed by atoms with Crippen molar-refractivity contribution in [1.82, 2.24) is 10.0 Å². The molecule has 0 spiro atoms. The fourth-order valence-electron chi connectivity index (χ4n) is 1.65. The monoisotopic (exact) mass is 212 g/mol. The quantitative estimate of drug-likeness (QED) is 0.529. The van der Waals surface area contributed by atoms with Crippen molar-refractivity contribution in [2.24, 2.45) is 5.92 Å². The van der Waals surface area contributed by atoms with Gasteiger partial charge >= 0.3 is 0 Å². The average molecular weight is 212 g/mol. The first-order valence-electron chi connectivity index (χ1n) is 5.00. The van der Waals surface area contributed by atoms with Crippen LogP contribution in [0, 0.1) is 5.92 Å². The van der Waals surface area contributed by atoms with Gasteiger partial charge in [-0.2, -0.15) is 0 Å². The van der Waals surface area contributed by atoms with Crippen molar-refractivity contribution in [2.75, 3.05) is 7.05 Å². The number of likely N-dealkylation sites (N-methyl/N-ethyl adjacent to an activating group) is 1. The summed E-state index contributed by atoms with van der Waals surface area (Å²) in [6.07, 6.45) is 5.21. The van der Waals surface area contributed by atoms with Crippen molar-refractivity contribution < 1.29 is 4.79 Å². The van der Waals surface area contributed by atoms with Crippen molar-refractivity contribution in [1.29, 1.82) is 0 Å². The molecule has 2 aliphatic carbocycles. The molecule has 0 saturated heterocycles. The van der Waals surface area contributed by atoms with Crippen LogP contribution in [0.4, 0.5) is 0 Å². The summed E-state index contributed by atoms with van der Waals surface area (Å²) in [5, 5.41) is 3.76. The minimum absolute atomic E-state index is 0.113. The maximum atomic E-state index is 11.8. The van der Waals surface area contributed by atoms with Crippen molar-refractivity contribution in [3.63, 3.8) is 0 Å². The zero-order valence-electron chi connectivity index (χ0n) is 8.38. The number of hydrogen-bond acceptors (Lipinski definition) is 3. The largest absolute Gasteiger partial charge is 0.306 e. The highest BCUT2D eigenvalue weighted by molar-refractivity contribution is 7.98. The van der Waals surface area contributed by atoms with Crippen LogP contribution in [-0.2, 0) is 4.79 Å². The number of amides is 1. The van der Waals surface area contributed by atoms with Crippen LogP contribution in [0.5, 0.6) is 0 Å². The highest BCUT2D eigenvalue weighted by Gasteiger charge is 2.57. The summed E-state index contributed by atoms with van der Waals surface area (Å²) >= 11 is 1.57. The Morgan fingerprint density at radius 3 is 2.79 bits per heavy atom. The predicted octanol–water partition coefficient (Wildman–Crippen LogP) is 1.08. The van der Waals surface area contributed by atoms with Crippen LogP contribution in [0.25, 0.3) is 0 Å². The lowest BCUT2D eigenvalue weighted by molar-refractivity contribution is -0.122. The van der Waals surface area contributed by atoms with Crippen molar-refractivity contribution in [3.05, 3.63) is 12.7 Å². The Hall–Kier alpha value is -0.480. The van der Waals surface area contributed by atoms with Crippen LogP contribution in [-0.4, -0.2) is 23.7 Å². The number of nitrogens with one attached hydrogen (secondary N) is 2. The van der Waals surface area contributed by atoms with Crippen molar-refractivity contribution in [3.8, 4) is 0 Å². The van der Waals surface area contributed by atoms with Crippen LogP contribution in [0.3, 0.4) is 0 Å². The Balaban J connectivity index is 1.85. The molecule has 0 heterocycles. The summed E-state index contributed by atoms with van der Waals surface area (Å²) in [6, 6.07) is 0. The van der Waals surface area contributed by atoms with E-state index in [-0.39, 0.29) is 11.4 Å². The van der Waals surface area contributed by atoms with Gasteiger partial charge in [-0.1, -0.05) is 6.08 Å². The van der Waals surface area contributed by atoms with Crippen LogP contribution in [0.2, 0.25) is 0 Å². The molecule has 1 amide bonds. The lowest BCUT2D eigenvalue weighted by atomic mass is 10.2. The molecule has 2 rings (SSSR count). The van der Waals surface area contributed by atoms with E-state index in [9.17, 15) is 4.79 Å². The Kier molecular flexibility index (Phi) is 2.58. The first-order chi connectivity index (χ1) is 6.73. The third kappa shape index (κ3) is 1.68. The van der Waals surface area contributed by atoms with E-state index in [1.165, 1.54) is 12.8 Å². The molecule has 14 heavy (non-hydrogen) atoms. The van der Waals surface area contributed by atoms with E-state index < -0.39 is 0 Å². The second-order valence-corrected chi connectivity index (χ2v) is 5.12. The molecule has 2 atom stereocenters. The summed E-state index contributed by atoms with van der Waals surface area (Å²) in [4.78, 5) is 11.8. The zero-order valence-corrected chi connectivity index (χ0v) is 9.19. The molecule has 2 N–H and O–H groups in total. The summed E-state index contributed by atoms with van der Waals surface area (Å²) in [6.45, 7) is 3.73. The lowest BCUT2D eigenvalue weighted by Crippen LogP contribution is -2.44. The number of rotatable bonds is 5. The summed E-state index contributed by atoms with van der Waals surface area (Å²) < 4.78 is 2.93. The van der Waals surface area contributed by atoms with Gasteiger partial charge in [-0.15, -0.1) is 6.58 Å². The maximum absolute atomic E-state index is 11.8. The molecule has 2 saturated carbocycles. The average Bonchev–Trinajstić information content (AvgIpc) is 3.08. The van der Waals surface area contributed by atoms with Gasteiger partial charge in [0.15, 0.2) is 0 Å². The molecule has 2 unspecified atom stereocenters. The summed E-state index contributed by atoms with van der Waals surface area (Å²) in [5.74, 6) is 0.411. The molecule has 0 radical (unpaired) electrons. The third-order valence-corrected chi connectivity index (χ3v) is 4.10. The van der Waals surface area contributed by atoms with E-state index in [1.54, 1.807) is 11.9 Å². The minimum atomic E-state index is -0.357. The summed E-state index contributed by atoms with van der Waals surface area (Å²) in [7, 11) is 1.84. The predicted molar refractivity (Wildman–Crippen MR) is 58.9 cm³/mol. The van der Waals surface area contributed by atoms with Gasteiger partial charge in [0.1, 0.15) is 5.54 Å². The molecule has 0 aromatic rings. The lowest BCUT2D eigenvalue weighted by Gasteiger charge is -2.14. The minimum Gasteiger partial charge on any atom is -0.306 e. The van der Waals surface area contributed by atoms with Gasteiger partial charge in [-0.05, 0) is 38.3 Å². The Morgan fingerprint density at radius 1 is 1.64 bits per heavy atom. The third-order valence-electron chi connectivity index (χ3n) is 2.99. The fourth-order valence-corrected chi connectivity index (χ4v) is 2.48. The van der Waals surface area contributed by atoms with Crippen molar-refractivity contribution >= 4 is 17.9 Å². The van der Waals surface area contributed by atoms with E-state index in [2.05, 4.69) is 16.6 Å². The highest BCUT2D eigenvalue weighted by Crippen LogP contribution is 2.45. The first kappa shape index (κ1) is 10.1. The number of hydrogen-bond donors (Lipinski definition) is 2. The van der Waals surface area contributed by atoms with E-state index in [1.807, 2.05) is 13.1 Å². The molecule has 3 nitrogen and oxygen atoms in total. The normalized spacial score (nSPS) is 35.1. The Morgan fingerprint density at radius 2 is 2.36 bits per heavy atom. The van der Waals surface area contributed by atoms with Crippen LogP contribution < -0.4 is 10.0 Å². The van der Waals surface area contributed by atoms with E-state index in [4.69, 9.17) is 0 Å². The second kappa shape index (κ2) is 3.59.